The molecular formula is C17H16N4O6S. The molecule has 0 saturated carbocycles. The predicted molar refractivity (Wildman–Crippen MR) is 99.9 cm³/mol. The smallest absolute Gasteiger partial charge is 0.331 e. The summed E-state index contributed by atoms with van der Waals surface area (Å²) in [5.41, 5.74) is 5.63. The Balaban J connectivity index is 1.69. The van der Waals surface area contributed by atoms with Crippen molar-refractivity contribution in [1.82, 2.24) is 15.8 Å². The molecule has 2 aromatic rings. The Labute approximate surface area is 163 Å². The van der Waals surface area contributed by atoms with Crippen molar-refractivity contribution in [3.63, 3.8) is 0 Å². The molecule has 2 rings (SSSR count). The Bertz CT molecular complexity index is 907. The fraction of sp³-hybridized carbons (Fsp3) is 0.176. The average molecular weight is 404 g/mol. The number of thiazole rings is 1. The lowest BCUT2D eigenvalue weighted by Crippen LogP contribution is -2.44. The van der Waals surface area contributed by atoms with Crippen LogP contribution < -0.4 is 10.9 Å². The van der Waals surface area contributed by atoms with Gasteiger partial charge in [0.1, 0.15) is 5.01 Å². The molecule has 0 aliphatic rings. The van der Waals surface area contributed by atoms with E-state index in [0.29, 0.717) is 10.6 Å². The topological polar surface area (TPSA) is 141 Å². The van der Waals surface area contributed by atoms with Crippen LogP contribution in [-0.4, -0.2) is 34.3 Å². The maximum atomic E-state index is 11.7. The molecule has 146 valence electrons. The summed E-state index contributed by atoms with van der Waals surface area (Å²) in [6, 6.07) is 5.53. The van der Waals surface area contributed by atoms with Gasteiger partial charge in [0.25, 0.3) is 11.6 Å². The van der Waals surface area contributed by atoms with Gasteiger partial charge in [-0.05, 0) is 30.7 Å². The second kappa shape index (κ2) is 9.92. The summed E-state index contributed by atoms with van der Waals surface area (Å²) in [7, 11) is 0. The Morgan fingerprint density at radius 3 is 2.50 bits per heavy atom. The number of nitrogens with zero attached hydrogens (tertiary/aromatic N) is 2. The van der Waals surface area contributed by atoms with Gasteiger partial charge in [0.2, 0.25) is 5.91 Å². The zero-order valence-corrected chi connectivity index (χ0v) is 15.5. The van der Waals surface area contributed by atoms with Gasteiger partial charge in [0.15, 0.2) is 6.61 Å². The van der Waals surface area contributed by atoms with E-state index in [-0.39, 0.29) is 12.1 Å². The minimum Gasteiger partial charge on any atom is -0.452 e. The monoisotopic (exact) mass is 404 g/mol. The van der Waals surface area contributed by atoms with E-state index in [4.69, 9.17) is 4.74 Å². The van der Waals surface area contributed by atoms with Crippen molar-refractivity contribution in [1.29, 1.82) is 0 Å². The number of carbonyl (C=O) groups excluding carboxylic acids is 3. The van der Waals surface area contributed by atoms with E-state index in [1.165, 1.54) is 41.7 Å². The first-order chi connectivity index (χ1) is 13.3. The van der Waals surface area contributed by atoms with Crippen molar-refractivity contribution in [2.75, 3.05) is 6.61 Å². The van der Waals surface area contributed by atoms with Gasteiger partial charge in [-0.2, -0.15) is 0 Å². The molecule has 0 saturated heterocycles. The number of carbonyl (C=O) groups is 3. The number of non-ortho nitro benzene ring substituents is 1. The highest BCUT2D eigenvalue weighted by Crippen LogP contribution is 2.12. The van der Waals surface area contributed by atoms with Crippen molar-refractivity contribution >= 4 is 40.9 Å². The van der Waals surface area contributed by atoms with Crippen LogP contribution in [0.2, 0.25) is 0 Å². The average Bonchev–Trinajstić information content (AvgIpc) is 3.07. The number of nitrogens with one attached hydrogen (secondary N) is 2. The summed E-state index contributed by atoms with van der Waals surface area (Å²) in [5, 5.41) is 13.0. The van der Waals surface area contributed by atoms with Crippen molar-refractivity contribution in [2.24, 2.45) is 0 Å². The summed E-state index contributed by atoms with van der Waals surface area (Å²) < 4.78 is 4.73. The highest BCUT2D eigenvalue weighted by Gasteiger charge is 2.09. The second-order valence-corrected chi connectivity index (χ2v) is 6.39. The maximum absolute atomic E-state index is 11.7. The van der Waals surface area contributed by atoms with E-state index in [0.717, 1.165) is 11.8 Å². The molecule has 0 spiro atoms. The maximum Gasteiger partial charge on any atom is 0.331 e. The third-order valence-electron chi connectivity index (χ3n) is 3.18. The number of rotatable bonds is 7. The quantitative estimate of drug-likeness (QED) is 0.307. The molecule has 0 radical (unpaired) electrons. The number of hydrogen-bond donors (Lipinski definition) is 2. The van der Waals surface area contributed by atoms with Gasteiger partial charge < -0.3 is 4.74 Å². The van der Waals surface area contributed by atoms with Crippen LogP contribution in [0, 0.1) is 17.0 Å². The highest BCUT2D eigenvalue weighted by atomic mass is 32.1. The van der Waals surface area contributed by atoms with Crippen LogP contribution in [0.5, 0.6) is 0 Å². The summed E-state index contributed by atoms with van der Waals surface area (Å²) in [6.07, 6.45) is 2.50. The largest absolute Gasteiger partial charge is 0.452 e. The van der Waals surface area contributed by atoms with Crippen LogP contribution >= 0.6 is 11.3 Å². The molecule has 2 N–H and O–H groups in total. The Morgan fingerprint density at radius 1 is 1.21 bits per heavy atom. The Hall–Kier alpha value is -3.60. The van der Waals surface area contributed by atoms with Crippen molar-refractivity contribution in [3.8, 4) is 0 Å². The van der Waals surface area contributed by atoms with Gasteiger partial charge >= 0.3 is 5.97 Å². The number of hydrogen-bond acceptors (Lipinski definition) is 8. The highest BCUT2D eigenvalue weighted by molar-refractivity contribution is 7.09. The van der Waals surface area contributed by atoms with Crippen molar-refractivity contribution in [3.05, 3.63) is 62.1 Å². The molecule has 2 amide bonds. The lowest BCUT2D eigenvalue weighted by Gasteiger charge is -2.06. The number of benzene rings is 1. The van der Waals surface area contributed by atoms with E-state index >= 15 is 0 Å². The van der Waals surface area contributed by atoms with Crippen molar-refractivity contribution in [2.45, 2.75) is 13.3 Å². The molecule has 0 aliphatic carbocycles. The van der Waals surface area contributed by atoms with Gasteiger partial charge in [-0.3, -0.25) is 30.6 Å². The SMILES string of the molecule is Cc1csc(CC(=O)NNC(=O)COC(=O)/C=C/c2ccc([N+](=O)[O-])cc2)n1. The number of hydrazine groups is 1. The van der Waals surface area contributed by atoms with E-state index in [1.54, 1.807) is 0 Å². The third-order valence-corrected chi connectivity index (χ3v) is 4.15. The molecule has 1 aromatic carbocycles. The molecule has 11 heteroatoms. The fourth-order valence-electron chi connectivity index (χ4n) is 1.90. The number of esters is 1. The molecular weight excluding hydrogens is 388 g/mol. The van der Waals surface area contributed by atoms with Crippen LogP contribution in [0.4, 0.5) is 5.69 Å². The summed E-state index contributed by atoms with van der Waals surface area (Å²) in [4.78, 5) is 49.0. The van der Waals surface area contributed by atoms with E-state index in [2.05, 4.69) is 15.8 Å². The minimum atomic E-state index is -0.780. The first-order valence-electron chi connectivity index (χ1n) is 7.91. The third kappa shape index (κ3) is 6.96. The number of nitro benzene ring substituents is 1. The Kier molecular flexibility index (Phi) is 7.34. The number of amides is 2. The zero-order valence-electron chi connectivity index (χ0n) is 14.7. The van der Waals surface area contributed by atoms with Crippen LogP contribution in [0.15, 0.2) is 35.7 Å². The van der Waals surface area contributed by atoms with Crippen LogP contribution in [-0.2, 0) is 25.5 Å². The summed E-state index contributed by atoms with van der Waals surface area (Å²) >= 11 is 1.34. The van der Waals surface area contributed by atoms with Gasteiger partial charge in [0, 0.05) is 29.3 Å². The number of aryl methyl sites for hydroxylation is 1. The lowest BCUT2D eigenvalue weighted by molar-refractivity contribution is -0.384. The zero-order chi connectivity index (χ0) is 20.5. The van der Waals surface area contributed by atoms with Crippen LogP contribution in [0.1, 0.15) is 16.3 Å². The van der Waals surface area contributed by atoms with Crippen LogP contribution in [0.25, 0.3) is 6.08 Å². The molecule has 28 heavy (non-hydrogen) atoms. The Morgan fingerprint density at radius 2 is 1.89 bits per heavy atom. The van der Waals surface area contributed by atoms with Gasteiger partial charge in [-0.15, -0.1) is 11.3 Å². The molecule has 0 bridgehead atoms. The number of aromatic nitrogens is 1. The van der Waals surface area contributed by atoms with E-state index in [1.807, 2.05) is 12.3 Å². The number of ether oxygens (including phenoxy) is 1. The fourth-order valence-corrected chi connectivity index (χ4v) is 2.67. The number of nitro groups is 1. The molecule has 0 atom stereocenters. The van der Waals surface area contributed by atoms with Gasteiger partial charge in [-0.1, -0.05) is 0 Å². The van der Waals surface area contributed by atoms with E-state index in [9.17, 15) is 24.5 Å². The van der Waals surface area contributed by atoms with Gasteiger partial charge in [-0.25, -0.2) is 9.78 Å². The van der Waals surface area contributed by atoms with Crippen molar-refractivity contribution < 1.29 is 24.0 Å². The predicted octanol–water partition coefficient (Wildman–Crippen LogP) is 1.31. The second-order valence-electron chi connectivity index (χ2n) is 5.45. The summed E-state index contributed by atoms with van der Waals surface area (Å²) in [5.74, 6) is -1.94. The van der Waals surface area contributed by atoms with E-state index < -0.39 is 29.3 Å². The molecule has 10 nitrogen and oxygen atoms in total. The molecule has 0 fully saturated rings. The molecule has 0 unspecified atom stereocenters. The normalized spacial score (nSPS) is 10.5. The van der Waals surface area contributed by atoms with Gasteiger partial charge in [0.05, 0.1) is 11.3 Å². The molecule has 1 heterocycles. The summed E-state index contributed by atoms with van der Waals surface area (Å²) in [6.45, 7) is 1.23. The van der Waals surface area contributed by atoms with Crippen LogP contribution in [0.3, 0.4) is 0 Å². The first kappa shape index (κ1) is 20.7. The molecule has 0 aliphatic heterocycles. The molecule has 1 aromatic heterocycles. The minimum absolute atomic E-state index is 0.0244. The standard InChI is InChI=1S/C17H16N4O6S/c1-11-10-28-16(18-11)8-14(22)19-20-15(23)9-27-17(24)7-4-12-2-5-13(6-3-12)21(25)26/h2-7,10H,8-9H2,1H3,(H,19,22)(H,20,23)/b7-4+. The lowest BCUT2D eigenvalue weighted by atomic mass is 10.2. The first-order valence-corrected chi connectivity index (χ1v) is 8.79.